The number of nitrogens with zero attached hydrogens (tertiary/aromatic N) is 1. The lowest BCUT2D eigenvalue weighted by atomic mass is 10.3. The van der Waals surface area contributed by atoms with Crippen molar-refractivity contribution in [2.24, 2.45) is 5.16 Å². The van der Waals surface area contributed by atoms with Gasteiger partial charge in [0.25, 0.3) is 0 Å². The van der Waals surface area contributed by atoms with Crippen molar-refractivity contribution in [3.63, 3.8) is 0 Å². The molecule has 44 valence electrons. The summed E-state index contributed by atoms with van der Waals surface area (Å²) in [5.74, 6) is 0. The van der Waals surface area contributed by atoms with Crippen LogP contribution in [0.5, 0.6) is 0 Å². The highest BCUT2D eigenvalue weighted by molar-refractivity contribution is 6.34. The Bertz CT molecular complexity index is 141. The van der Waals surface area contributed by atoms with Crippen molar-refractivity contribution in [3.8, 4) is 0 Å². The van der Waals surface area contributed by atoms with E-state index in [9.17, 15) is 0 Å². The highest BCUT2D eigenvalue weighted by Gasteiger charge is 2.13. The Hall–Kier alpha value is -0.500. The standard InChI is InChI=1S/C5H6ClNO/c6-4-2-1-3-5(4)7-8/h1-2,4,8H,3H2. The Kier molecular flexibility index (Phi) is 1.53. The lowest BCUT2D eigenvalue weighted by Crippen LogP contribution is -2.04. The molecule has 0 aliphatic heterocycles. The number of hydrogen-bond acceptors (Lipinski definition) is 2. The second-order valence-electron chi connectivity index (χ2n) is 1.63. The molecule has 0 aromatic rings. The molecule has 0 bridgehead atoms. The predicted molar refractivity (Wildman–Crippen MR) is 32.6 cm³/mol. The van der Waals surface area contributed by atoms with Gasteiger partial charge in [-0.1, -0.05) is 17.3 Å². The van der Waals surface area contributed by atoms with Crippen LogP contribution in [0, 0.1) is 0 Å². The quantitative estimate of drug-likeness (QED) is 0.229. The summed E-state index contributed by atoms with van der Waals surface area (Å²) in [6.45, 7) is 0. The van der Waals surface area contributed by atoms with Gasteiger partial charge < -0.3 is 5.21 Å². The summed E-state index contributed by atoms with van der Waals surface area (Å²) < 4.78 is 0. The Morgan fingerprint density at radius 1 is 1.88 bits per heavy atom. The summed E-state index contributed by atoms with van der Waals surface area (Å²) in [6, 6.07) is 0. The molecule has 1 rings (SSSR count). The van der Waals surface area contributed by atoms with Crippen molar-refractivity contribution in [2.45, 2.75) is 11.8 Å². The number of alkyl halides is 1. The third-order valence-corrected chi connectivity index (χ3v) is 1.48. The molecule has 0 saturated heterocycles. The molecule has 0 spiro atoms. The van der Waals surface area contributed by atoms with Crippen molar-refractivity contribution in [2.75, 3.05) is 0 Å². The van der Waals surface area contributed by atoms with Gasteiger partial charge in [-0.25, -0.2) is 0 Å². The Labute approximate surface area is 52.5 Å². The smallest absolute Gasteiger partial charge is 0.0934 e. The van der Waals surface area contributed by atoms with E-state index in [1.54, 1.807) is 6.08 Å². The molecule has 1 aliphatic carbocycles. The molecule has 2 nitrogen and oxygen atoms in total. The zero-order chi connectivity index (χ0) is 5.98. The minimum absolute atomic E-state index is 0.181. The van der Waals surface area contributed by atoms with Gasteiger partial charge in [-0.05, 0) is 0 Å². The van der Waals surface area contributed by atoms with Crippen LogP contribution in [-0.2, 0) is 0 Å². The monoisotopic (exact) mass is 131 g/mol. The Morgan fingerprint density at radius 3 is 2.88 bits per heavy atom. The number of oxime groups is 1. The van der Waals surface area contributed by atoms with E-state index in [1.807, 2.05) is 6.08 Å². The lowest BCUT2D eigenvalue weighted by molar-refractivity contribution is 0.317. The molecule has 0 heterocycles. The van der Waals surface area contributed by atoms with Gasteiger partial charge in [-0.3, -0.25) is 0 Å². The summed E-state index contributed by atoms with van der Waals surface area (Å²) >= 11 is 5.60. The summed E-state index contributed by atoms with van der Waals surface area (Å²) in [7, 11) is 0. The van der Waals surface area contributed by atoms with Gasteiger partial charge in [0.15, 0.2) is 0 Å². The average Bonchev–Trinajstić information content (AvgIpc) is 2.14. The van der Waals surface area contributed by atoms with Crippen LogP contribution in [0.4, 0.5) is 0 Å². The van der Waals surface area contributed by atoms with E-state index in [-0.39, 0.29) is 5.38 Å². The maximum Gasteiger partial charge on any atom is 0.0934 e. The fourth-order valence-corrected chi connectivity index (χ4v) is 0.864. The second kappa shape index (κ2) is 2.18. The molecule has 1 atom stereocenters. The fraction of sp³-hybridized carbons (Fsp3) is 0.400. The Morgan fingerprint density at radius 2 is 2.62 bits per heavy atom. The molecule has 1 N–H and O–H groups in total. The van der Waals surface area contributed by atoms with E-state index in [1.165, 1.54) is 0 Å². The van der Waals surface area contributed by atoms with Gasteiger partial charge >= 0.3 is 0 Å². The molecule has 8 heavy (non-hydrogen) atoms. The first-order valence-corrected chi connectivity index (χ1v) is 2.80. The van der Waals surface area contributed by atoms with E-state index in [0.717, 1.165) is 0 Å². The normalized spacial score (nSPS) is 32.1. The van der Waals surface area contributed by atoms with Crippen LogP contribution in [0.1, 0.15) is 6.42 Å². The fourth-order valence-electron chi connectivity index (χ4n) is 0.628. The van der Waals surface area contributed by atoms with E-state index >= 15 is 0 Å². The van der Waals surface area contributed by atoms with Crippen LogP contribution < -0.4 is 0 Å². The molecule has 0 aromatic carbocycles. The summed E-state index contributed by atoms with van der Waals surface area (Å²) in [4.78, 5) is 0. The van der Waals surface area contributed by atoms with Crippen LogP contribution in [0.15, 0.2) is 17.3 Å². The summed E-state index contributed by atoms with van der Waals surface area (Å²) in [5, 5.41) is 11.0. The number of rotatable bonds is 0. The van der Waals surface area contributed by atoms with Gasteiger partial charge in [0.2, 0.25) is 0 Å². The van der Waals surface area contributed by atoms with Crippen LogP contribution >= 0.6 is 11.6 Å². The maximum absolute atomic E-state index is 8.20. The SMILES string of the molecule is ON=C1CC=CC1Cl. The molecule has 1 unspecified atom stereocenters. The number of halogens is 1. The van der Waals surface area contributed by atoms with Gasteiger partial charge in [0.1, 0.15) is 0 Å². The minimum atomic E-state index is -0.181. The summed E-state index contributed by atoms with van der Waals surface area (Å²) in [5.41, 5.74) is 0.631. The second-order valence-corrected chi connectivity index (χ2v) is 2.10. The van der Waals surface area contributed by atoms with E-state index < -0.39 is 0 Å². The molecular formula is C5H6ClNO. The summed E-state index contributed by atoms with van der Waals surface area (Å²) in [6.07, 6.45) is 4.37. The van der Waals surface area contributed by atoms with E-state index in [4.69, 9.17) is 16.8 Å². The third-order valence-electron chi connectivity index (χ3n) is 1.08. The van der Waals surface area contributed by atoms with Crippen LogP contribution in [0.2, 0.25) is 0 Å². The predicted octanol–water partition coefficient (Wildman–Crippen LogP) is 1.38. The molecule has 0 amide bonds. The Balaban J connectivity index is 2.64. The van der Waals surface area contributed by atoms with Gasteiger partial charge in [-0.2, -0.15) is 0 Å². The third kappa shape index (κ3) is 0.842. The molecule has 0 aromatic heterocycles. The zero-order valence-corrected chi connectivity index (χ0v) is 4.97. The first kappa shape index (κ1) is 5.63. The molecule has 0 saturated carbocycles. The van der Waals surface area contributed by atoms with Crippen LogP contribution in [0.3, 0.4) is 0 Å². The minimum Gasteiger partial charge on any atom is -0.411 e. The molecule has 0 radical (unpaired) electrons. The highest BCUT2D eigenvalue weighted by Crippen LogP contribution is 2.12. The molecule has 0 fully saturated rings. The van der Waals surface area contributed by atoms with E-state index in [0.29, 0.717) is 12.1 Å². The number of allylic oxidation sites excluding steroid dienone is 2. The highest BCUT2D eigenvalue weighted by atomic mass is 35.5. The topological polar surface area (TPSA) is 32.6 Å². The van der Waals surface area contributed by atoms with Crippen LogP contribution in [-0.4, -0.2) is 16.3 Å². The lowest BCUT2D eigenvalue weighted by Gasteiger charge is -1.93. The van der Waals surface area contributed by atoms with Crippen molar-refractivity contribution in [1.82, 2.24) is 0 Å². The average molecular weight is 132 g/mol. The van der Waals surface area contributed by atoms with Crippen molar-refractivity contribution in [1.29, 1.82) is 0 Å². The first-order chi connectivity index (χ1) is 3.84. The molecular weight excluding hydrogens is 126 g/mol. The zero-order valence-electron chi connectivity index (χ0n) is 4.21. The van der Waals surface area contributed by atoms with Gasteiger partial charge in [0.05, 0.1) is 11.1 Å². The largest absolute Gasteiger partial charge is 0.411 e. The first-order valence-electron chi connectivity index (χ1n) is 2.36. The maximum atomic E-state index is 8.20. The van der Waals surface area contributed by atoms with Gasteiger partial charge in [-0.15, -0.1) is 11.6 Å². The molecule has 3 heteroatoms. The van der Waals surface area contributed by atoms with Crippen molar-refractivity contribution in [3.05, 3.63) is 12.2 Å². The van der Waals surface area contributed by atoms with Crippen molar-refractivity contribution >= 4 is 17.3 Å². The van der Waals surface area contributed by atoms with Gasteiger partial charge in [0, 0.05) is 6.42 Å². The van der Waals surface area contributed by atoms with Crippen LogP contribution in [0.25, 0.3) is 0 Å². The van der Waals surface area contributed by atoms with E-state index in [2.05, 4.69) is 5.16 Å². The van der Waals surface area contributed by atoms with Crippen molar-refractivity contribution < 1.29 is 5.21 Å². The molecule has 1 aliphatic rings. The number of hydrogen-bond donors (Lipinski definition) is 1.